The van der Waals surface area contributed by atoms with Crippen LogP contribution in [0.5, 0.6) is 5.75 Å². The fraction of sp³-hybridized carbons (Fsp3) is 0.286. The lowest BCUT2D eigenvalue weighted by molar-refractivity contribution is -0.113. The first kappa shape index (κ1) is 19.9. The molecule has 0 fully saturated rings. The highest BCUT2D eigenvalue weighted by molar-refractivity contribution is 7.99. The Bertz CT molecular complexity index is 946. The number of carbonyl (C=O) groups excluding carboxylic acids is 1. The minimum atomic E-state index is -0.0857. The average Bonchev–Trinajstić information content (AvgIpc) is 3.15. The second kappa shape index (κ2) is 8.48. The normalized spacial score (nSPS) is 11.3. The molecule has 1 heterocycles. The van der Waals surface area contributed by atoms with E-state index in [0.29, 0.717) is 11.0 Å². The molecule has 0 saturated carbocycles. The number of aromatic amines is 1. The van der Waals surface area contributed by atoms with Crippen molar-refractivity contribution in [1.82, 2.24) is 15.2 Å². The van der Waals surface area contributed by atoms with Gasteiger partial charge in [-0.05, 0) is 41.3 Å². The third-order valence-corrected chi connectivity index (χ3v) is 5.02. The lowest BCUT2D eigenvalue weighted by Gasteiger charge is -2.22. The van der Waals surface area contributed by atoms with E-state index < -0.39 is 0 Å². The lowest BCUT2D eigenvalue weighted by atomic mass is 9.86. The van der Waals surface area contributed by atoms with Gasteiger partial charge in [0.15, 0.2) is 5.82 Å². The summed E-state index contributed by atoms with van der Waals surface area (Å²) in [5.41, 5.74) is 2.81. The SMILES string of the molecule is COc1ccc(-c2nc(SCC(=O)Nc3ccccc3C(C)(C)C)n[nH]2)cc1. The Labute approximate surface area is 169 Å². The highest BCUT2D eigenvalue weighted by Gasteiger charge is 2.18. The zero-order valence-electron chi connectivity index (χ0n) is 16.4. The van der Waals surface area contributed by atoms with Gasteiger partial charge in [-0.1, -0.05) is 50.7 Å². The van der Waals surface area contributed by atoms with Gasteiger partial charge in [-0.2, -0.15) is 0 Å². The molecule has 146 valence electrons. The van der Waals surface area contributed by atoms with E-state index in [0.717, 1.165) is 22.6 Å². The number of anilines is 1. The van der Waals surface area contributed by atoms with Crippen molar-refractivity contribution in [3.8, 4) is 17.1 Å². The maximum Gasteiger partial charge on any atom is 0.234 e. The standard InChI is InChI=1S/C21H24N4O2S/c1-21(2,3)16-7-5-6-8-17(16)22-18(26)13-28-20-23-19(24-25-20)14-9-11-15(27-4)12-10-14/h5-12H,13H2,1-4H3,(H,22,26)(H,23,24,25). The molecular weight excluding hydrogens is 372 g/mol. The number of para-hydroxylation sites is 1. The summed E-state index contributed by atoms with van der Waals surface area (Å²) in [6.07, 6.45) is 0. The van der Waals surface area contributed by atoms with Gasteiger partial charge in [0, 0.05) is 11.3 Å². The summed E-state index contributed by atoms with van der Waals surface area (Å²) >= 11 is 1.29. The van der Waals surface area contributed by atoms with Crippen LogP contribution >= 0.6 is 11.8 Å². The molecule has 0 saturated heterocycles. The van der Waals surface area contributed by atoms with E-state index in [2.05, 4.69) is 41.3 Å². The van der Waals surface area contributed by atoms with Gasteiger partial charge in [0.1, 0.15) is 5.75 Å². The topological polar surface area (TPSA) is 79.9 Å². The molecule has 2 N–H and O–H groups in total. The van der Waals surface area contributed by atoms with Crippen LogP contribution in [0.4, 0.5) is 5.69 Å². The molecule has 3 rings (SSSR count). The van der Waals surface area contributed by atoms with E-state index in [1.165, 1.54) is 11.8 Å². The lowest BCUT2D eigenvalue weighted by Crippen LogP contribution is -2.19. The van der Waals surface area contributed by atoms with Crippen molar-refractivity contribution >= 4 is 23.4 Å². The van der Waals surface area contributed by atoms with Crippen LogP contribution in [0.25, 0.3) is 11.4 Å². The van der Waals surface area contributed by atoms with Gasteiger partial charge in [0.25, 0.3) is 0 Å². The predicted molar refractivity (Wildman–Crippen MR) is 113 cm³/mol. The molecule has 0 radical (unpaired) electrons. The van der Waals surface area contributed by atoms with E-state index >= 15 is 0 Å². The van der Waals surface area contributed by atoms with E-state index in [4.69, 9.17) is 4.74 Å². The molecule has 0 unspecified atom stereocenters. The van der Waals surface area contributed by atoms with Gasteiger partial charge >= 0.3 is 0 Å². The van der Waals surface area contributed by atoms with Crippen molar-refractivity contribution in [2.45, 2.75) is 31.3 Å². The first-order chi connectivity index (χ1) is 13.4. The summed E-state index contributed by atoms with van der Waals surface area (Å²) in [7, 11) is 1.63. The zero-order valence-corrected chi connectivity index (χ0v) is 17.3. The van der Waals surface area contributed by atoms with Crippen LogP contribution in [0.15, 0.2) is 53.7 Å². The minimum Gasteiger partial charge on any atom is -0.497 e. The van der Waals surface area contributed by atoms with E-state index in [-0.39, 0.29) is 17.1 Å². The van der Waals surface area contributed by atoms with Crippen molar-refractivity contribution < 1.29 is 9.53 Å². The molecule has 1 amide bonds. The maximum atomic E-state index is 12.4. The quantitative estimate of drug-likeness (QED) is 0.599. The molecule has 0 aliphatic heterocycles. The minimum absolute atomic E-state index is 0.0476. The highest BCUT2D eigenvalue weighted by atomic mass is 32.2. The number of nitrogens with zero attached hydrogens (tertiary/aromatic N) is 2. The molecule has 6 nitrogen and oxygen atoms in total. The summed E-state index contributed by atoms with van der Waals surface area (Å²) < 4.78 is 5.16. The van der Waals surface area contributed by atoms with E-state index in [1.807, 2.05) is 48.5 Å². The molecule has 3 aromatic rings. The Kier molecular flexibility index (Phi) is 6.04. The highest BCUT2D eigenvalue weighted by Crippen LogP contribution is 2.29. The first-order valence-corrected chi connectivity index (χ1v) is 9.94. The third-order valence-electron chi connectivity index (χ3n) is 4.17. The van der Waals surface area contributed by atoms with Gasteiger partial charge in [0.2, 0.25) is 11.1 Å². The molecule has 2 aromatic carbocycles. The number of amides is 1. The summed E-state index contributed by atoms with van der Waals surface area (Å²) in [5.74, 6) is 1.59. The molecule has 0 aliphatic rings. The molecule has 0 aliphatic carbocycles. The number of hydrogen-bond donors (Lipinski definition) is 2. The van der Waals surface area contributed by atoms with Crippen molar-refractivity contribution in [3.63, 3.8) is 0 Å². The van der Waals surface area contributed by atoms with Crippen LogP contribution in [0.2, 0.25) is 0 Å². The summed E-state index contributed by atoms with van der Waals surface area (Å²) in [6.45, 7) is 6.38. The van der Waals surface area contributed by atoms with Gasteiger partial charge < -0.3 is 10.1 Å². The monoisotopic (exact) mass is 396 g/mol. The molecule has 1 aromatic heterocycles. The number of benzene rings is 2. The van der Waals surface area contributed by atoms with Gasteiger partial charge in [-0.25, -0.2) is 4.98 Å². The Hall–Kier alpha value is -2.80. The fourth-order valence-corrected chi connectivity index (χ4v) is 3.35. The van der Waals surface area contributed by atoms with Gasteiger partial charge in [-0.15, -0.1) is 5.10 Å². The number of ether oxygens (including phenoxy) is 1. The average molecular weight is 397 g/mol. The second-order valence-corrected chi connectivity index (χ2v) is 8.27. The van der Waals surface area contributed by atoms with Crippen molar-refractivity contribution in [1.29, 1.82) is 0 Å². The van der Waals surface area contributed by atoms with Crippen molar-refractivity contribution in [2.24, 2.45) is 0 Å². The molecule has 0 spiro atoms. The van der Waals surface area contributed by atoms with Crippen LogP contribution in [0.1, 0.15) is 26.3 Å². The third kappa shape index (κ3) is 4.92. The Morgan fingerprint density at radius 1 is 1.14 bits per heavy atom. The van der Waals surface area contributed by atoms with Gasteiger partial charge in [-0.3, -0.25) is 9.89 Å². The molecule has 7 heteroatoms. The number of thioether (sulfide) groups is 1. The molecule has 28 heavy (non-hydrogen) atoms. The summed E-state index contributed by atoms with van der Waals surface area (Å²) in [4.78, 5) is 16.8. The number of nitrogens with one attached hydrogen (secondary N) is 2. The number of H-pyrrole nitrogens is 1. The predicted octanol–water partition coefficient (Wildman–Crippen LogP) is 4.51. The largest absolute Gasteiger partial charge is 0.497 e. The van der Waals surface area contributed by atoms with E-state index in [9.17, 15) is 4.79 Å². The Balaban J connectivity index is 1.61. The van der Waals surface area contributed by atoms with Crippen molar-refractivity contribution in [2.75, 3.05) is 18.2 Å². The van der Waals surface area contributed by atoms with Crippen LogP contribution in [-0.4, -0.2) is 34.0 Å². The number of aromatic nitrogens is 3. The molecule has 0 atom stereocenters. The molecule has 0 bridgehead atoms. The maximum absolute atomic E-state index is 12.4. The Morgan fingerprint density at radius 2 is 1.86 bits per heavy atom. The first-order valence-electron chi connectivity index (χ1n) is 8.96. The van der Waals surface area contributed by atoms with Crippen LogP contribution in [0, 0.1) is 0 Å². The van der Waals surface area contributed by atoms with Gasteiger partial charge in [0.05, 0.1) is 12.9 Å². The Morgan fingerprint density at radius 3 is 2.54 bits per heavy atom. The number of methoxy groups -OCH3 is 1. The van der Waals surface area contributed by atoms with Crippen molar-refractivity contribution in [3.05, 3.63) is 54.1 Å². The van der Waals surface area contributed by atoms with Crippen LogP contribution in [0.3, 0.4) is 0 Å². The van der Waals surface area contributed by atoms with Crippen LogP contribution in [-0.2, 0) is 10.2 Å². The summed E-state index contributed by atoms with van der Waals surface area (Å²) in [6, 6.07) is 15.4. The summed E-state index contributed by atoms with van der Waals surface area (Å²) in [5, 5.41) is 10.6. The fourth-order valence-electron chi connectivity index (χ4n) is 2.75. The second-order valence-electron chi connectivity index (χ2n) is 7.33. The number of carbonyl (C=O) groups is 1. The number of hydrogen-bond acceptors (Lipinski definition) is 5. The number of rotatable bonds is 6. The molecular formula is C21H24N4O2S. The smallest absolute Gasteiger partial charge is 0.234 e. The zero-order chi connectivity index (χ0) is 20.1. The van der Waals surface area contributed by atoms with Crippen LogP contribution < -0.4 is 10.1 Å². The van der Waals surface area contributed by atoms with E-state index in [1.54, 1.807) is 7.11 Å².